The molecule has 0 bridgehead atoms. The first-order valence-corrected chi connectivity index (χ1v) is 9.82. The highest BCUT2D eigenvalue weighted by Gasteiger charge is 2.48. The van der Waals surface area contributed by atoms with E-state index in [1.807, 2.05) is 13.0 Å². The average Bonchev–Trinajstić information content (AvgIpc) is 3.20. The molecule has 2 aliphatic carbocycles. The van der Waals surface area contributed by atoms with E-state index in [4.69, 9.17) is 9.47 Å². The van der Waals surface area contributed by atoms with Crippen molar-refractivity contribution in [1.29, 1.82) is 0 Å². The topological polar surface area (TPSA) is 85.4 Å². The predicted octanol–water partition coefficient (Wildman–Crippen LogP) is 4.43. The van der Waals surface area contributed by atoms with Crippen LogP contribution in [0.3, 0.4) is 0 Å². The normalized spacial score (nSPS) is 19.7. The number of nitrogens with zero attached hydrogens (tertiary/aromatic N) is 2. The number of hydrogen-bond acceptors (Lipinski definition) is 5. The Kier molecular flexibility index (Phi) is 5.07. The van der Waals surface area contributed by atoms with E-state index < -0.39 is 0 Å². The van der Waals surface area contributed by atoms with E-state index in [2.05, 4.69) is 20.8 Å². The molecule has 1 heterocycles. The lowest BCUT2D eigenvalue weighted by Gasteiger charge is -2.47. The number of aryl methyl sites for hydroxylation is 1. The van der Waals surface area contributed by atoms with Crippen molar-refractivity contribution in [3.05, 3.63) is 36.0 Å². The summed E-state index contributed by atoms with van der Waals surface area (Å²) in [7, 11) is 1.57. The summed E-state index contributed by atoms with van der Waals surface area (Å²) in [6.45, 7) is 1.86. The molecule has 7 heteroatoms. The predicted molar refractivity (Wildman–Crippen MR) is 106 cm³/mol. The van der Waals surface area contributed by atoms with Gasteiger partial charge in [0.15, 0.2) is 11.5 Å². The molecule has 1 unspecified atom stereocenters. The van der Waals surface area contributed by atoms with Crippen molar-refractivity contribution in [3.8, 4) is 17.4 Å². The first-order chi connectivity index (χ1) is 13.6. The smallest absolute Gasteiger partial charge is 0.319 e. The van der Waals surface area contributed by atoms with Crippen molar-refractivity contribution in [2.24, 2.45) is 5.41 Å². The molecule has 4 rings (SSSR count). The van der Waals surface area contributed by atoms with E-state index in [0.29, 0.717) is 28.5 Å². The molecule has 1 atom stereocenters. The number of hydrogen-bond donors (Lipinski definition) is 2. The summed E-state index contributed by atoms with van der Waals surface area (Å²) >= 11 is 0. The molecule has 2 saturated carbocycles. The molecule has 2 fully saturated rings. The fraction of sp³-hybridized carbons (Fsp3) is 0.476. The van der Waals surface area contributed by atoms with Gasteiger partial charge in [-0.2, -0.15) is 5.10 Å². The SMILES string of the molecule is COc1ccc(NC(=O)NC2CCC23CCCC3)cc1Oc1ccc(C)nn1. The molecule has 1 aromatic heterocycles. The van der Waals surface area contributed by atoms with E-state index in [0.717, 1.165) is 12.1 Å². The molecule has 28 heavy (non-hydrogen) atoms. The average molecular weight is 382 g/mol. The summed E-state index contributed by atoms with van der Waals surface area (Å²) in [6, 6.07) is 8.95. The Morgan fingerprint density at radius 2 is 1.93 bits per heavy atom. The van der Waals surface area contributed by atoms with Gasteiger partial charge in [-0.05, 0) is 56.2 Å². The summed E-state index contributed by atoms with van der Waals surface area (Å²) in [5, 5.41) is 14.1. The molecule has 2 aliphatic rings. The van der Waals surface area contributed by atoms with Gasteiger partial charge in [0.2, 0.25) is 5.88 Å². The van der Waals surface area contributed by atoms with E-state index >= 15 is 0 Å². The van der Waals surface area contributed by atoms with E-state index in [9.17, 15) is 4.79 Å². The molecule has 2 N–H and O–H groups in total. The van der Waals surface area contributed by atoms with E-state index in [1.165, 1.54) is 32.1 Å². The Morgan fingerprint density at radius 3 is 2.57 bits per heavy atom. The highest BCUT2D eigenvalue weighted by molar-refractivity contribution is 5.90. The Labute approximate surface area is 164 Å². The number of carbonyl (C=O) groups excluding carboxylic acids is 1. The third kappa shape index (κ3) is 3.74. The van der Waals surface area contributed by atoms with Crippen molar-refractivity contribution >= 4 is 11.7 Å². The minimum atomic E-state index is -0.179. The maximum atomic E-state index is 12.5. The highest BCUT2D eigenvalue weighted by Crippen LogP contribution is 2.53. The van der Waals surface area contributed by atoms with Crippen molar-refractivity contribution in [1.82, 2.24) is 15.5 Å². The molecule has 0 radical (unpaired) electrons. The van der Waals surface area contributed by atoms with Crippen LogP contribution in [-0.2, 0) is 0 Å². The summed E-state index contributed by atoms with van der Waals surface area (Å²) in [4.78, 5) is 12.5. The van der Waals surface area contributed by atoms with Crippen molar-refractivity contribution in [3.63, 3.8) is 0 Å². The summed E-state index contributed by atoms with van der Waals surface area (Å²) in [5.74, 6) is 1.38. The molecular weight excluding hydrogens is 356 g/mol. The highest BCUT2D eigenvalue weighted by atomic mass is 16.5. The minimum Gasteiger partial charge on any atom is -0.493 e. The lowest BCUT2D eigenvalue weighted by molar-refractivity contribution is 0.0811. The number of amides is 2. The number of benzene rings is 1. The minimum absolute atomic E-state index is 0.179. The van der Waals surface area contributed by atoms with Crippen LogP contribution in [0, 0.1) is 12.3 Å². The van der Waals surface area contributed by atoms with Crippen LogP contribution < -0.4 is 20.1 Å². The molecule has 2 amide bonds. The Bertz CT molecular complexity index is 847. The fourth-order valence-electron chi connectivity index (χ4n) is 4.31. The van der Waals surface area contributed by atoms with Gasteiger partial charge in [0.1, 0.15) is 0 Å². The zero-order valence-corrected chi connectivity index (χ0v) is 16.3. The lowest BCUT2D eigenvalue weighted by Crippen LogP contribution is -2.54. The number of aromatic nitrogens is 2. The van der Waals surface area contributed by atoms with Gasteiger partial charge in [0, 0.05) is 23.9 Å². The van der Waals surface area contributed by atoms with Crippen molar-refractivity contribution < 1.29 is 14.3 Å². The maximum absolute atomic E-state index is 12.5. The standard InChI is InChI=1S/C21H26N4O3/c1-14-5-8-19(25-24-14)28-17-13-15(6-7-16(17)27-2)22-20(26)23-18-9-12-21(18)10-3-4-11-21/h5-8,13,18H,3-4,9-12H2,1-2H3,(H2,22,23,26). The third-order valence-corrected chi connectivity index (χ3v) is 5.98. The first kappa shape index (κ1) is 18.5. The monoisotopic (exact) mass is 382 g/mol. The van der Waals surface area contributed by atoms with Crippen LogP contribution in [0.4, 0.5) is 10.5 Å². The Balaban J connectivity index is 1.43. The van der Waals surface area contributed by atoms with Crippen LogP contribution >= 0.6 is 0 Å². The molecule has 0 saturated heterocycles. The summed E-state index contributed by atoms with van der Waals surface area (Å²) in [5.41, 5.74) is 1.78. The van der Waals surface area contributed by atoms with Crippen molar-refractivity contribution in [2.45, 2.75) is 51.5 Å². The molecule has 7 nitrogen and oxygen atoms in total. The largest absolute Gasteiger partial charge is 0.493 e. The zero-order chi connectivity index (χ0) is 19.6. The molecule has 2 aromatic rings. The number of carbonyl (C=O) groups is 1. The number of rotatable bonds is 5. The second-order valence-electron chi connectivity index (χ2n) is 7.74. The zero-order valence-electron chi connectivity index (χ0n) is 16.3. The van der Waals surface area contributed by atoms with Gasteiger partial charge in [-0.3, -0.25) is 0 Å². The van der Waals surface area contributed by atoms with Gasteiger partial charge in [-0.15, -0.1) is 5.10 Å². The van der Waals surface area contributed by atoms with Gasteiger partial charge in [0.25, 0.3) is 0 Å². The number of methoxy groups -OCH3 is 1. The van der Waals surface area contributed by atoms with E-state index in [-0.39, 0.29) is 12.1 Å². The first-order valence-electron chi connectivity index (χ1n) is 9.82. The molecular formula is C21H26N4O3. The fourth-order valence-corrected chi connectivity index (χ4v) is 4.31. The van der Waals surface area contributed by atoms with Gasteiger partial charge in [-0.25, -0.2) is 4.79 Å². The Morgan fingerprint density at radius 1 is 1.11 bits per heavy atom. The van der Waals surface area contributed by atoms with E-state index in [1.54, 1.807) is 31.4 Å². The van der Waals surface area contributed by atoms with Crippen LogP contribution in [-0.4, -0.2) is 29.4 Å². The van der Waals surface area contributed by atoms with Gasteiger partial charge in [0.05, 0.1) is 12.8 Å². The van der Waals surface area contributed by atoms with Crippen LogP contribution in [0.2, 0.25) is 0 Å². The van der Waals surface area contributed by atoms with Crippen LogP contribution in [0.5, 0.6) is 17.4 Å². The second kappa shape index (κ2) is 7.66. The van der Waals surface area contributed by atoms with Gasteiger partial charge in [-0.1, -0.05) is 12.8 Å². The Hall–Kier alpha value is -2.83. The number of anilines is 1. The van der Waals surface area contributed by atoms with Gasteiger partial charge >= 0.3 is 6.03 Å². The van der Waals surface area contributed by atoms with Gasteiger partial charge < -0.3 is 20.1 Å². The quantitative estimate of drug-likeness (QED) is 0.799. The molecule has 148 valence electrons. The molecule has 1 aromatic carbocycles. The van der Waals surface area contributed by atoms with Crippen LogP contribution in [0.25, 0.3) is 0 Å². The second-order valence-corrected chi connectivity index (χ2v) is 7.74. The summed E-state index contributed by atoms with van der Waals surface area (Å²) < 4.78 is 11.2. The van der Waals surface area contributed by atoms with Crippen LogP contribution in [0.1, 0.15) is 44.2 Å². The maximum Gasteiger partial charge on any atom is 0.319 e. The molecule has 1 spiro atoms. The number of nitrogens with one attached hydrogen (secondary N) is 2. The molecule has 0 aliphatic heterocycles. The number of urea groups is 1. The lowest BCUT2D eigenvalue weighted by atomic mass is 9.63. The summed E-state index contributed by atoms with van der Waals surface area (Å²) in [6.07, 6.45) is 7.32. The van der Waals surface area contributed by atoms with Crippen molar-refractivity contribution in [2.75, 3.05) is 12.4 Å². The van der Waals surface area contributed by atoms with Crippen LogP contribution in [0.15, 0.2) is 30.3 Å². The third-order valence-electron chi connectivity index (χ3n) is 5.98. The number of ether oxygens (including phenoxy) is 2.